The van der Waals surface area contributed by atoms with Crippen molar-refractivity contribution in [2.45, 2.75) is 19.5 Å². The van der Waals surface area contributed by atoms with Crippen LogP contribution in [-0.2, 0) is 13.6 Å². The summed E-state index contributed by atoms with van der Waals surface area (Å²) in [6.07, 6.45) is 0. The fraction of sp³-hybridized carbons (Fsp3) is 0.429. The Labute approximate surface area is 177 Å². The average Bonchev–Trinajstić information content (AvgIpc) is 2.74. The highest BCUT2D eigenvalue weighted by molar-refractivity contribution is 7.54. The Hall–Kier alpha value is -2.41. The van der Waals surface area contributed by atoms with Crippen LogP contribution in [0, 0.1) is 0 Å². The lowest BCUT2D eigenvalue weighted by atomic mass is 10.0. The first kappa shape index (κ1) is 23.9. The lowest BCUT2D eigenvalue weighted by Gasteiger charge is -2.28. The second-order valence-corrected chi connectivity index (χ2v) is 8.27. The second kappa shape index (κ2) is 10.6. The average molecular weight is 440 g/mol. The summed E-state index contributed by atoms with van der Waals surface area (Å²) in [6.45, 7) is 3.78. The highest BCUT2D eigenvalue weighted by Crippen LogP contribution is 2.65. The normalized spacial score (nSPS) is 12.3. The van der Waals surface area contributed by atoms with Crippen LogP contribution in [0.5, 0.6) is 28.7 Å². The molecule has 0 saturated carbocycles. The molecule has 0 fully saturated rings. The van der Waals surface area contributed by atoms with E-state index in [1.807, 2.05) is 0 Å². The van der Waals surface area contributed by atoms with E-state index in [0.717, 1.165) is 0 Å². The van der Waals surface area contributed by atoms with Gasteiger partial charge in [0, 0.05) is 11.6 Å². The van der Waals surface area contributed by atoms with Crippen molar-refractivity contribution in [1.29, 1.82) is 0 Å². The molecule has 0 saturated heterocycles. The summed E-state index contributed by atoms with van der Waals surface area (Å²) in [5, 5.41) is 10.8. The van der Waals surface area contributed by atoms with E-state index in [-0.39, 0.29) is 19.0 Å². The molecule has 0 heterocycles. The Morgan fingerprint density at radius 2 is 1.30 bits per heavy atom. The van der Waals surface area contributed by atoms with Gasteiger partial charge in [-0.3, -0.25) is 4.57 Å². The third kappa shape index (κ3) is 4.83. The summed E-state index contributed by atoms with van der Waals surface area (Å²) >= 11 is 0. The first-order chi connectivity index (χ1) is 14.4. The molecule has 1 N–H and O–H groups in total. The van der Waals surface area contributed by atoms with Gasteiger partial charge in [-0.05, 0) is 37.6 Å². The van der Waals surface area contributed by atoms with Gasteiger partial charge in [-0.2, -0.15) is 0 Å². The third-order valence-corrected chi connectivity index (χ3v) is 6.93. The van der Waals surface area contributed by atoms with Gasteiger partial charge < -0.3 is 33.1 Å². The predicted molar refractivity (Wildman–Crippen MR) is 113 cm³/mol. The van der Waals surface area contributed by atoms with Crippen molar-refractivity contribution in [3.05, 3.63) is 41.5 Å². The van der Waals surface area contributed by atoms with Crippen molar-refractivity contribution in [2.24, 2.45) is 0 Å². The summed E-state index contributed by atoms with van der Waals surface area (Å²) in [4.78, 5) is 0. The number of phenolic OH excluding ortho intramolecular Hbond substituents is 1. The Morgan fingerprint density at radius 3 is 1.80 bits per heavy atom. The second-order valence-electron chi connectivity index (χ2n) is 6.16. The summed E-state index contributed by atoms with van der Waals surface area (Å²) < 4.78 is 46.5. The van der Waals surface area contributed by atoms with Crippen LogP contribution in [0.1, 0.15) is 30.6 Å². The van der Waals surface area contributed by atoms with Crippen LogP contribution >= 0.6 is 7.60 Å². The molecular formula is C21H29O8P. The van der Waals surface area contributed by atoms with Crippen LogP contribution < -0.4 is 18.9 Å². The van der Waals surface area contributed by atoms with Gasteiger partial charge in [0.25, 0.3) is 0 Å². The van der Waals surface area contributed by atoms with E-state index in [1.165, 1.54) is 34.5 Å². The monoisotopic (exact) mass is 440 g/mol. The number of ether oxygens (including phenoxy) is 4. The number of aromatic hydroxyl groups is 1. The van der Waals surface area contributed by atoms with Gasteiger partial charge in [-0.1, -0.05) is 6.07 Å². The maximum absolute atomic E-state index is 13.9. The van der Waals surface area contributed by atoms with E-state index in [9.17, 15) is 9.67 Å². The molecule has 0 aliphatic heterocycles. The fourth-order valence-electron chi connectivity index (χ4n) is 3.20. The third-order valence-electron chi connectivity index (χ3n) is 4.49. The number of methoxy groups -OCH3 is 4. The Morgan fingerprint density at radius 1 is 0.800 bits per heavy atom. The van der Waals surface area contributed by atoms with Crippen LogP contribution in [-0.4, -0.2) is 46.8 Å². The minimum Gasteiger partial charge on any atom is -0.507 e. The number of rotatable bonds is 11. The molecule has 0 aliphatic rings. The van der Waals surface area contributed by atoms with Gasteiger partial charge in [0.05, 0.1) is 41.7 Å². The number of phenols is 1. The van der Waals surface area contributed by atoms with Crippen molar-refractivity contribution < 1.29 is 37.7 Å². The lowest BCUT2D eigenvalue weighted by Crippen LogP contribution is -2.10. The Bertz CT molecular complexity index is 889. The van der Waals surface area contributed by atoms with Gasteiger partial charge in [0.15, 0.2) is 23.0 Å². The first-order valence-corrected chi connectivity index (χ1v) is 11.1. The van der Waals surface area contributed by atoms with E-state index in [1.54, 1.807) is 38.1 Å². The SMILES string of the molecule is CCOP(=O)(OCC)[C@@H](c1ccc(OC)c(OC)c1)c1cc(OC)c(OC)cc1O. The molecule has 2 rings (SSSR count). The van der Waals surface area contributed by atoms with Crippen LogP contribution in [0.2, 0.25) is 0 Å². The van der Waals surface area contributed by atoms with Gasteiger partial charge in [0.2, 0.25) is 0 Å². The molecule has 30 heavy (non-hydrogen) atoms. The number of hydrogen-bond donors (Lipinski definition) is 1. The summed E-state index contributed by atoms with van der Waals surface area (Å²) in [7, 11) is 2.22. The van der Waals surface area contributed by atoms with Gasteiger partial charge in [-0.25, -0.2) is 0 Å². The maximum atomic E-state index is 13.9. The van der Waals surface area contributed by atoms with E-state index in [4.69, 9.17) is 28.0 Å². The zero-order chi connectivity index (χ0) is 22.3. The maximum Gasteiger partial charge on any atom is 0.342 e. The van der Waals surface area contributed by atoms with Crippen LogP contribution in [0.25, 0.3) is 0 Å². The highest BCUT2D eigenvalue weighted by atomic mass is 31.2. The molecule has 1 atom stereocenters. The van der Waals surface area contributed by atoms with Crippen molar-refractivity contribution in [1.82, 2.24) is 0 Å². The fourth-order valence-corrected chi connectivity index (χ4v) is 5.37. The minimum absolute atomic E-state index is 0.132. The van der Waals surface area contributed by atoms with Crippen molar-refractivity contribution in [3.8, 4) is 28.7 Å². The van der Waals surface area contributed by atoms with E-state index < -0.39 is 13.3 Å². The Balaban J connectivity index is 2.80. The highest BCUT2D eigenvalue weighted by Gasteiger charge is 2.40. The molecule has 0 bridgehead atoms. The zero-order valence-electron chi connectivity index (χ0n) is 18.1. The lowest BCUT2D eigenvalue weighted by molar-refractivity contribution is 0.214. The van der Waals surface area contributed by atoms with Gasteiger partial charge >= 0.3 is 7.60 Å². The van der Waals surface area contributed by atoms with Gasteiger partial charge in [0.1, 0.15) is 11.4 Å². The molecule has 2 aromatic carbocycles. The molecule has 0 aromatic heterocycles. The van der Waals surface area contributed by atoms with Crippen molar-refractivity contribution >= 4 is 7.60 Å². The molecule has 0 aliphatic carbocycles. The topological polar surface area (TPSA) is 92.7 Å². The van der Waals surface area contributed by atoms with Crippen molar-refractivity contribution in [3.63, 3.8) is 0 Å². The number of hydrogen-bond acceptors (Lipinski definition) is 8. The number of benzene rings is 2. The minimum atomic E-state index is -3.76. The van der Waals surface area contributed by atoms with Crippen LogP contribution in [0.4, 0.5) is 0 Å². The zero-order valence-corrected chi connectivity index (χ0v) is 19.0. The predicted octanol–water partition coefficient (Wildman–Crippen LogP) is 4.78. The molecule has 0 spiro atoms. The smallest absolute Gasteiger partial charge is 0.342 e. The van der Waals surface area contributed by atoms with E-state index in [2.05, 4.69) is 0 Å². The Kier molecular flexibility index (Phi) is 8.41. The summed E-state index contributed by atoms with van der Waals surface area (Å²) in [5.74, 6) is 1.54. The van der Waals surface area contributed by atoms with Crippen LogP contribution in [0.3, 0.4) is 0 Å². The first-order valence-electron chi connectivity index (χ1n) is 9.44. The van der Waals surface area contributed by atoms with E-state index >= 15 is 0 Å². The summed E-state index contributed by atoms with van der Waals surface area (Å²) in [6, 6.07) is 8.09. The van der Waals surface area contributed by atoms with Gasteiger partial charge in [-0.15, -0.1) is 0 Å². The summed E-state index contributed by atoms with van der Waals surface area (Å²) in [5.41, 5.74) is -0.0810. The van der Waals surface area contributed by atoms with Crippen molar-refractivity contribution in [2.75, 3.05) is 41.7 Å². The standard InChI is InChI=1S/C21H29O8P/c1-7-28-30(23,29-8-2)21(14-9-10-17(24-3)18(11-14)25-4)15-12-19(26-5)20(27-6)13-16(15)22/h9-13,21-22H,7-8H2,1-6H3/t21-/m0/s1. The molecule has 0 amide bonds. The largest absolute Gasteiger partial charge is 0.507 e. The molecule has 0 radical (unpaired) electrons. The molecule has 0 unspecified atom stereocenters. The molecule has 166 valence electrons. The van der Waals surface area contributed by atoms with E-state index in [0.29, 0.717) is 34.1 Å². The molecule has 2 aromatic rings. The quantitative estimate of drug-likeness (QED) is 0.499. The van der Waals surface area contributed by atoms with Crippen LogP contribution in [0.15, 0.2) is 30.3 Å². The molecule has 9 heteroatoms. The molecule has 8 nitrogen and oxygen atoms in total. The molecular weight excluding hydrogens is 411 g/mol.